The molecular formula is C21H15ClFN5O3S. The summed E-state index contributed by atoms with van der Waals surface area (Å²) in [5, 5.41) is 9.00. The average molecular weight is 472 g/mol. The predicted molar refractivity (Wildman–Crippen MR) is 117 cm³/mol. The topological polar surface area (TPSA) is 102 Å². The van der Waals surface area contributed by atoms with Crippen LogP contribution in [0.1, 0.15) is 10.6 Å². The van der Waals surface area contributed by atoms with Crippen molar-refractivity contribution >= 4 is 35.2 Å². The number of benzene rings is 2. The molecule has 0 saturated heterocycles. The van der Waals surface area contributed by atoms with Crippen molar-refractivity contribution in [2.45, 2.75) is 5.16 Å². The van der Waals surface area contributed by atoms with Gasteiger partial charge in [0.05, 0.1) is 22.7 Å². The first-order valence-electron chi connectivity index (χ1n) is 9.25. The van der Waals surface area contributed by atoms with Crippen LogP contribution in [0.4, 0.5) is 4.39 Å². The molecule has 4 rings (SSSR count). The fourth-order valence-corrected chi connectivity index (χ4v) is 3.76. The molecule has 0 atom stereocenters. The van der Waals surface area contributed by atoms with Gasteiger partial charge in [-0.1, -0.05) is 47.6 Å². The quantitative estimate of drug-likeness (QED) is 0.327. The van der Waals surface area contributed by atoms with Crippen LogP contribution in [0.3, 0.4) is 0 Å². The number of thioether (sulfide) groups is 1. The number of nitrogens with one attached hydrogen (secondary N) is 2. The predicted octanol–water partition coefficient (Wildman–Crippen LogP) is 3.87. The molecule has 2 aromatic carbocycles. The van der Waals surface area contributed by atoms with Crippen LogP contribution in [0.25, 0.3) is 17.1 Å². The smallest absolute Gasteiger partial charge is 0.305 e. The molecule has 11 heteroatoms. The molecule has 0 aliphatic carbocycles. The summed E-state index contributed by atoms with van der Waals surface area (Å²) in [5.41, 5.74) is 5.31. The van der Waals surface area contributed by atoms with E-state index >= 15 is 0 Å². The van der Waals surface area contributed by atoms with Crippen LogP contribution < -0.4 is 10.9 Å². The molecule has 0 aliphatic heterocycles. The molecule has 0 radical (unpaired) electrons. The van der Waals surface area contributed by atoms with Gasteiger partial charge in [-0.15, -0.1) is 10.2 Å². The molecule has 2 aromatic heterocycles. The monoisotopic (exact) mass is 471 g/mol. The van der Waals surface area contributed by atoms with E-state index in [1.54, 1.807) is 48.5 Å². The maximum absolute atomic E-state index is 14.6. The Hall–Kier alpha value is -3.63. The molecule has 2 N–H and O–H groups in total. The molecule has 162 valence electrons. The number of nitrogens with zero attached hydrogens (tertiary/aromatic N) is 3. The highest BCUT2D eigenvalue weighted by molar-refractivity contribution is 7.99. The van der Waals surface area contributed by atoms with Gasteiger partial charge in [0, 0.05) is 5.56 Å². The minimum absolute atomic E-state index is 0.0571. The Balaban J connectivity index is 1.55. The van der Waals surface area contributed by atoms with Crippen LogP contribution in [-0.2, 0) is 4.79 Å². The molecule has 32 heavy (non-hydrogen) atoms. The number of carbonyl (C=O) groups is 2. The first-order chi connectivity index (χ1) is 15.5. The highest BCUT2D eigenvalue weighted by Crippen LogP contribution is 2.32. The van der Waals surface area contributed by atoms with E-state index in [-0.39, 0.29) is 22.4 Å². The van der Waals surface area contributed by atoms with Crippen molar-refractivity contribution in [3.63, 3.8) is 0 Å². The molecular weight excluding hydrogens is 457 g/mol. The Bertz CT molecular complexity index is 1260. The van der Waals surface area contributed by atoms with Gasteiger partial charge in [-0.25, -0.2) is 4.39 Å². The van der Waals surface area contributed by atoms with Crippen LogP contribution in [0.2, 0.25) is 5.02 Å². The molecule has 0 aliphatic rings. The number of para-hydroxylation sites is 1. The van der Waals surface area contributed by atoms with Crippen LogP contribution in [-0.4, -0.2) is 32.3 Å². The number of hydrogen-bond donors (Lipinski definition) is 2. The SMILES string of the molecule is O=C(CSc1nnc(-c2ccccc2Cl)n1-c1ccccc1F)NNC(=O)c1ccco1. The fourth-order valence-electron chi connectivity index (χ4n) is 2.79. The second kappa shape index (κ2) is 9.67. The second-order valence-corrected chi connectivity index (χ2v) is 7.69. The highest BCUT2D eigenvalue weighted by atomic mass is 35.5. The normalized spacial score (nSPS) is 10.7. The molecule has 0 fully saturated rings. The standard InChI is InChI=1S/C21H15ClFN5O3S/c22-14-7-2-1-6-13(14)19-25-27-21(28(19)16-9-4-3-8-15(16)23)32-12-18(29)24-26-20(30)17-10-5-11-31-17/h1-11H,12H2,(H,24,29)(H,26,30). The van der Waals surface area contributed by atoms with Crippen LogP contribution in [0.5, 0.6) is 0 Å². The van der Waals surface area contributed by atoms with E-state index in [1.807, 2.05) is 0 Å². The number of carbonyl (C=O) groups excluding carboxylic acids is 2. The molecule has 0 bridgehead atoms. The van der Waals surface area contributed by atoms with Crippen LogP contribution >= 0.6 is 23.4 Å². The minimum atomic E-state index is -0.594. The van der Waals surface area contributed by atoms with Crippen molar-refractivity contribution in [3.05, 3.63) is 83.5 Å². The van der Waals surface area contributed by atoms with E-state index in [1.165, 1.54) is 23.0 Å². The van der Waals surface area contributed by atoms with E-state index in [4.69, 9.17) is 16.0 Å². The Morgan fingerprint density at radius 1 is 1.03 bits per heavy atom. The van der Waals surface area contributed by atoms with Gasteiger partial charge in [0.15, 0.2) is 16.7 Å². The Morgan fingerprint density at radius 2 is 1.81 bits per heavy atom. The van der Waals surface area contributed by atoms with Crippen molar-refractivity contribution in [2.24, 2.45) is 0 Å². The third kappa shape index (κ3) is 4.66. The van der Waals surface area contributed by atoms with Crippen molar-refractivity contribution in [1.82, 2.24) is 25.6 Å². The second-order valence-electron chi connectivity index (χ2n) is 6.34. The molecule has 4 aromatic rings. The summed E-state index contributed by atoms with van der Waals surface area (Å²) in [7, 11) is 0. The first kappa shape index (κ1) is 21.6. The molecule has 2 heterocycles. The van der Waals surface area contributed by atoms with Gasteiger partial charge in [0.1, 0.15) is 5.82 Å². The molecule has 0 spiro atoms. The fraction of sp³-hybridized carbons (Fsp3) is 0.0476. The Labute approximate surface area is 190 Å². The number of aromatic nitrogens is 3. The van der Waals surface area contributed by atoms with E-state index < -0.39 is 17.6 Å². The van der Waals surface area contributed by atoms with Crippen molar-refractivity contribution in [2.75, 3.05) is 5.75 Å². The number of hydrazine groups is 1. The van der Waals surface area contributed by atoms with Gasteiger partial charge in [0.2, 0.25) is 5.91 Å². The number of halogens is 2. The lowest BCUT2D eigenvalue weighted by molar-refractivity contribution is -0.119. The number of hydrogen-bond acceptors (Lipinski definition) is 6. The third-order valence-electron chi connectivity index (χ3n) is 4.23. The van der Waals surface area contributed by atoms with Gasteiger partial charge in [0.25, 0.3) is 0 Å². The minimum Gasteiger partial charge on any atom is -0.459 e. The summed E-state index contributed by atoms with van der Waals surface area (Å²) in [4.78, 5) is 24.1. The highest BCUT2D eigenvalue weighted by Gasteiger charge is 2.21. The number of furan rings is 1. The van der Waals surface area contributed by atoms with E-state index in [0.717, 1.165) is 11.8 Å². The maximum Gasteiger partial charge on any atom is 0.305 e. The average Bonchev–Trinajstić information content (AvgIpc) is 3.47. The Kier molecular flexibility index (Phi) is 6.52. The van der Waals surface area contributed by atoms with E-state index in [0.29, 0.717) is 16.4 Å². The summed E-state index contributed by atoms with van der Waals surface area (Å²) >= 11 is 7.34. The van der Waals surface area contributed by atoms with Crippen molar-refractivity contribution in [3.8, 4) is 17.1 Å². The lowest BCUT2D eigenvalue weighted by atomic mass is 10.2. The van der Waals surface area contributed by atoms with Gasteiger partial charge >= 0.3 is 5.91 Å². The van der Waals surface area contributed by atoms with Crippen molar-refractivity contribution < 1.29 is 18.4 Å². The van der Waals surface area contributed by atoms with E-state index in [9.17, 15) is 14.0 Å². The first-order valence-corrected chi connectivity index (χ1v) is 10.6. The molecule has 0 saturated carbocycles. The van der Waals surface area contributed by atoms with Crippen molar-refractivity contribution in [1.29, 1.82) is 0 Å². The van der Waals surface area contributed by atoms with Gasteiger partial charge < -0.3 is 4.42 Å². The lowest BCUT2D eigenvalue weighted by Gasteiger charge is -2.12. The zero-order valence-electron chi connectivity index (χ0n) is 16.3. The number of rotatable bonds is 6. The Morgan fingerprint density at radius 3 is 2.56 bits per heavy atom. The largest absolute Gasteiger partial charge is 0.459 e. The van der Waals surface area contributed by atoms with Gasteiger partial charge in [-0.2, -0.15) is 0 Å². The van der Waals surface area contributed by atoms with E-state index in [2.05, 4.69) is 21.0 Å². The number of amides is 2. The summed E-state index contributed by atoms with van der Waals surface area (Å²) in [5.74, 6) is -1.32. The lowest BCUT2D eigenvalue weighted by Crippen LogP contribution is -2.42. The van der Waals surface area contributed by atoms with Crippen LogP contribution in [0.15, 0.2) is 76.5 Å². The summed E-state index contributed by atoms with van der Waals surface area (Å²) < 4.78 is 21.1. The van der Waals surface area contributed by atoms with Crippen LogP contribution in [0, 0.1) is 5.82 Å². The summed E-state index contributed by atoms with van der Waals surface area (Å²) in [6.07, 6.45) is 1.35. The zero-order valence-corrected chi connectivity index (χ0v) is 17.9. The third-order valence-corrected chi connectivity index (χ3v) is 5.49. The molecule has 8 nitrogen and oxygen atoms in total. The maximum atomic E-state index is 14.6. The van der Waals surface area contributed by atoms with Gasteiger partial charge in [-0.3, -0.25) is 25.0 Å². The molecule has 2 amide bonds. The molecule has 0 unspecified atom stereocenters. The summed E-state index contributed by atoms with van der Waals surface area (Å²) in [6, 6.07) is 16.1. The zero-order chi connectivity index (χ0) is 22.5. The summed E-state index contributed by atoms with van der Waals surface area (Å²) in [6.45, 7) is 0. The van der Waals surface area contributed by atoms with Gasteiger partial charge in [-0.05, 0) is 36.4 Å².